The SMILES string of the molecule is COCCNC(=O)c1cccc(NC(=O)CCC(=O)OCCOC)c1. The van der Waals surface area contributed by atoms with Gasteiger partial charge < -0.3 is 24.8 Å². The van der Waals surface area contributed by atoms with Crippen LogP contribution >= 0.6 is 0 Å². The third kappa shape index (κ3) is 8.83. The van der Waals surface area contributed by atoms with Crippen LogP contribution < -0.4 is 10.6 Å². The summed E-state index contributed by atoms with van der Waals surface area (Å²) >= 11 is 0. The van der Waals surface area contributed by atoms with Gasteiger partial charge in [0.15, 0.2) is 0 Å². The molecule has 0 aliphatic rings. The molecule has 0 bridgehead atoms. The first-order valence-electron chi connectivity index (χ1n) is 7.88. The number of esters is 1. The van der Waals surface area contributed by atoms with E-state index in [9.17, 15) is 14.4 Å². The summed E-state index contributed by atoms with van der Waals surface area (Å²) in [6, 6.07) is 6.54. The molecule has 0 unspecified atom stereocenters. The van der Waals surface area contributed by atoms with Crippen molar-refractivity contribution in [3.8, 4) is 0 Å². The number of hydrogen-bond acceptors (Lipinski definition) is 6. The first-order valence-corrected chi connectivity index (χ1v) is 7.88. The lowest BCUT2D eigenvalue weighted by molar-refractivity contribution is -0.145. The summed E-state index contributed by atoms with van der Waals surface area (Å²) in [4.78, 5) is 35.2. The second-order valence-corrected chi connectivity index (χ2v) is 5.09. The summed E-state index contributed by atoms with van der Waals surface area (Å²) in [7, 11) is 3.06. The molecule has 1 rings (SSSR count). The van der Waals surface area contributed by atoms with Crippen molar-refractivity contribution in [3.63, 3.8) is 0 Å². The van der Waals surface area contributed by atoms with Crippen LogP contribution in [0.1, 0.15) is 23.2 Å². The topological polar surface area (TPSA) is 103 Å². The van der Waals surface area contributed by atoms with E-state index in [1.54, 1.807) is 31.4 Å². The maximum absolute atomic E-state index is 11.9. The van der Waals surface area contributed by atoms with Gasteiger partial charge in [0.25, 0.3) is 5.91 Å². The van der Waals surface area contributed by atoms with E-state index in [0.717, 1.165) is 0 Å². The number of amides is 2. The molecule has 0 heterocycles. The molecule has 0 saturated heterocycles. The van der Waals surface area contributed by atoms with Gasteiger partial charge in [-0.3, -0.25) is 14.4 Å². The van der Waals surface area contributed by atoms with Gasteiger partial charge in [0.1, 0.15) is 6.61 Å². The molecule has 1 aromatic rings. The summed E-state index contributed by atoms with van der Waals surface area (Å²) < 4.78 is 14.5. The van der Waals surface area contributed by atoms with E-state index in [1.165, 1.54) is 7.11 Å². The minimum atomic E-state index is -0.460. The molecular formula is C17H24N2O6. The summed E-state index contributed by atoms with van der Waals surface area (Å²) in [6.45, 7) is 1.30. The molecule has 0 fully saturated rings. The first kappa shape index (κ1) is 20.6. The van der Waals surface area contributed by atoms with E-state index < -0.39 is 5.97 Å². The third-order valence-electron chi connectivity index (χ3n) is 3.11. The Balaban J connectivity index is 2.43. The van der Waals surface area contributed by atoms with Gasteiger partial charge in [0, 0.05) is 38.4 Å². The summed E-state index contributed by atoms with van der Waals surface area (Å²) in [6.07, 6.45) is -0.0250. The van der Waals surface area contributed by atoms with E-state index in [-0.39, 0.29) is 31.3 Å². The van der Waals surface area contributed by atoms with Gasteiger partial charge in [-0.1, -0.05) is 6.07 Å². The van der Waals surface area contributed by atoms with E-state index in [1.807, 2.05) is 0 Å². The maximum Gasteiger partial charge on any atom is 0.306 e. The Morgan fingerprint density at radius 2 is 1.76 bits per heavy atom. The molecule has 0 radical (unpaired) electrons. The van der Waals surface area contributed by atoms with Crippen LogP contribution in [-0.2, 0) is 23.8 Å². The van der Waals surface area contributed by atoms with Crippen molar-refractivity contribution in [2.75, 3.05) is 45.9 Å². The minimum Gasteiger partial charge on any atom is -0.463 e. The number of hydrogen-bond donors (Lipinski definition) is 2. The number of carbonyl (C=O) groups is 3. The van der Waals surface area contributed by atoms with Crippen molar-refractivity contribution in [3.05, 3.63) is 29.8 Å². The van der Waals surface area contributed by atoms with Crippen LogP contribution in [0.5, 0.6) is 0 Å². The van der Waals surface area contributed by atoms with Gasteiger partial charge in [-0.15, -0.1) is 0 Å². The van der Waals surface area contributed by atoms with Gasteiger partial charge in [-0.05, 0) is 18.2 Å². The minimum absolute atomic E-state index is 0.00389. The zero-order valence-corrected chi connectivity index (χ0v) is 14.5. The molecule has 8 heteroatoms. The molecule has 8 nitrogen and oxygen atoms in total. The molecule has 0 aliphatic heterocycles. The molecular weight excluding hydrogens is 328 g/mol. The van der Waals surface area contributed by atoms with Crippen molar-refractivity contribution in [2.24, 2.45) is 0 Å². The highest BCUT2D eigenvalue weighted by Crippen LogP contribution is 2.11. The van der Waals surface area contributed by atoms with Gasteiger partial charge in [0.05, 0.1) is 19.6 Å². The van der Waals surface area contributed by atoms with Crippen molar-refractivity contribution in [1.82, 2.24) is 5.32 Å². The fourth-order valence-electron chi connectivity index (χ4n) is 1.86. The highest BCUT2D eigenvalue weighted by Gasteiger charge is 2.10. The Hall–Kier alpha value is -2.45. The van der Waals surface area contributed by atoms with Crippen LogP contribution in [0, 0.1) is 0 Å². The van der Waals surface area contributed by atoms with Crippen molar-refractivity contribution < 1.29 is 28.6 Å². The third-order valence-corrected chi connectivity index (χ3v) is 3.11. The van der Waals surface area contributed by atoms with Gasteiger partial charge >= 0.3 is 5.97 Å². The molecule has 138 valence electrons. The number of methoxy groups -OCH3 is 2. The molecule has 0 aromatic heterocycles. The predicted octanol–water partition coefficient (Wildman–Crippen LogP) is 0.971. The Labute approximate surface area is 146 Å². The Kier molecular flexibility index (Phi) is 9.88. The average Bonchev–Trinajstić information content (AvgIpc) is 2.60. The maximum atomic E-state index is 11.9. The van der Waals surface area contributed by atoms with E-state index in [0.29, 0.717) is 31.0 Å². The van der Waals surface area contributed by atoms with Crippen molar-refractivity contribution >= 4 is 23.5 Å². The van der Waals surface area contributed by atoms with Crippen LogP contribution in [0.2, 0.25) is 0 Å². The van der Waals surface area contributed by atoms with Crippen LogP contribution in [0.25, 0.3) is 0 Å². The number of benzene rings is 1. The molecule has 2 N–H and O–H groups in total. The quantitative estimate of drug-likeness (QED) is 0.454. The largest absolute Gasteiger partial charge is 0.463 e. The predicted molar refractivity (Wildman–Crippen MR) is 91.3 cm³/mol. The molecule has 0 aliphatic carbocycles. The Morgan fingerprint density at radius 3 is 2.48 bits per heavy atom. The lowest BCUT2D eigenvalue weighted by atomic mass is 10.2. The number of nitrogens with one attached hydrogen (secondary N) is 2. The molecule has 0 atom stereocenters. The lowest BCUT2D eigenvalue weighted by Crippen LogP contribution is -2.27. The molecule has 0 spiro atoms. The lowest BCUT2D eigenvalue weighted by Gasteiger charge is -2.08. The Morgan fingerprint density at radius 1 is 1.00 bits per heavy atom. The fraction of sp³-hybridized carbons (Fsp3) is 0.471. The molecule has 2 amide bonds. The summed E-state index contributed by atoms with van der Waals surface area (Å²) in [5.74, 6) is -1.05. The zero-order chi connectivity index (χ0) is 18.5. The number of anilines is 1. The van der Waals surface area contributed by atoms with E-state index in [2.05, 4.69) is 10.6 Å². The zero-order valence-electron chi connectivity index (χ0n) is 14.5. The van der Waals surface area contributed by atoms with Crippen LogP contribution in [0.15, 0.2) is 24.3 Å². The fourth-order valence-corrected chi connectivity index (χ4v) is 1.86. The number of carbonyl (C=O) groups excluding carboxylic acids is 3. The summed E-state index contributed by atoms with van der Waals surface area (Å²) in [5.41, 5.74) is 0.907. The highest BCUT2D eigenvalue weighted by atomic mass is 16.6. The highest BCUT2D eigenvalue weighted by molar-refractivity contribution is 5.97. The average molecular weight is 352 g/mol. The van der Waals surface area contributed by atoms with E-state index in [4.69, 9.17) is 14.2 Å². The molecule has 25 heavy (non-hydrogen) atoms. The Bertz CT molecular complexity index is 576. The van der Waals surface area contributed by atoms with Crippen LogP contribution in [0.4, 0.5) is 5.69 Å². The molecule has 1 aromatic carbocycles. The van der Waals surface area contributed by atoms with Gasteiger partial charge in [0.2, 0.25) is 5.91 Å². The second kappa shape index (κ2) is 12.0. The van der Waals surface area contributed by atoms with Gasteiger partial charge in [-0.2, -0.15) is 0 Å². The normalized spacial score (nSPS) is 10.2. The first-order chi connectivity index (χ1) is 12.1. The van der Waals surface area contributed by atoms with Crippen molar-refractivity contribution in [2.45, 2.75) is 12.8 Å². The van der Waals surface area contributed by atoms with Gasteiger partial charge in [-0.25, -0.2) is 0 Å². The van der Waals surface area contributed by atoms with Crippen LogP contribution in [-0.4, -0.2) is 58.4 Å². The number of ether oxygens (including phenoxy) is 3. The molecule has 0 saturated carbocycles. The smallest absolute Gasteiger partial charge is 0.306 e. The second-order valence-electron chi connectivity index (χ2n) is 5.09. The van der Waals surface area contributed by atoms with E-state index >= 15 is 0 Å². The number of rotatable bonds is 11. The standard InChI is InChI=1S/C17H24N2O6/c1-23-9-8-18-17(22)13-4-3-5-14(12-13)19-15(20)6-7-16(21)25-11-10-24-2/h3-5,12H,6-11H2,1-2H3,(H,18,22)(H,19,20). The summed E-state index contributed by atoms with van der Waals surface area (Å²) in [5, 5.41) is 5.35. The van der Waals surface area contributed by atoms with Crippen LogP contribution in [0.3, 0.4) is 0 Å². The van der Waals surface area contributed by atoms with Crippen molar-refractivity contribution in [1.29, 1.82) is 0 Å². The monoisotopic (exact) mass is 352 g/mol.